The van der Waals surface area contributed by atoms with Crippen LogP contribution in [0.1, 0.15) is 85.3 Å². The lowest BCUT2D eigenvalue weighted by atomic mass is 9.64. The van der Waals surface area contributed by atoms with Gasteiger partial charge >= 0.3 is 0 Å². The molecule has 0 saturated carbocycles. The summed E-state index contributed by atoms with van der Waals surface area (Å²) in [7, 11) is 0. The Morgan fingerprint density at radius 3 is 2.18 bits per heavy atom. The number of hydrogen-bond donors (Lipinski definition) is 0. The van der Waals surface area contributed by atoms with E-state index in [1.54, 1.807) is 0 Å². The number of allylic oxidation sites excluding steroid dienone is 16. The molecule has 0 radical (unpaired) electrons. The van der Waals surface area contributed by atoms with Crippen LogP contribution in [-0.2, 0) is 5.41 Å². The molecule has 6 aromatic carbocycles. The van der Waals surface area contributed by atoms with Gasteiger partial charge < -0.3 is 4.57 Å². The Morgan fingerprint density at radius 1 is 0.676 bits per heavy atom. The number of nitrogens with zero attached hydrogens (tertiary/aromatic N) is 2. The van der Waals surface area contributed by atoms with Crippen LogP contribution in [0.15, 0.2) is 235 Å². The van der Waals surface area contributed by atoms with Gasteiger partial charge in [-0.25, -0.2) is 4.99 Å². The first-order valence-electron chi connectivity index (χ1n) is 24.6. The van der Waals surface area contributed by atoms with Crippen molar-refractivity contribution in [2.45, 2.75) is 57.3 Å². The van der Waals surface area contributed by atoms with Gasteiger partial charge in [0.15, 0.2) is 0 Å². The number of aliphatic imine (C=N–C) groups is 1. The summed E-state index contributed by atoms with van der Waals surface area (Å²) < 4.78 is 2.52. The molecular formula is C66H56N2. The molecule has 330 valence electrons. The van der Waals surface area contributed by atoms with Crippen LogP contribution in [0, 0.1) is 11.8 Å². The molecule has 0 bridgehead atoms. The number of benzene rings is 6. The molecule has 12 rings (SSSR count). The first kappa shape index (κ1) is 41.9. The van der Waals surface area contributed by atoms with E-state index in [1.165, 1.54) is 89.6 Å². The zero-order valence-corrected chi connectivity index (χ0v) is 39.1. The van der Waals surface area contributed by atoms with Crippen LogP contribution < -0.4 is 0 Å². The van der Waals surface area contributed by atoms with Crippen LogP contribution in [0.25, 0.3) is 55.5 Å². The molecule has 7 aromatic rings. The highest BCUT2D eigenvalue weighted by atomic mass is 15.0. The summed E-state index contributed by atoms with van der Waals surface area (Å²) in [4.78, 5) is 5.49. The van der Waals surface area contributed by atoms with Crippen molar-refractivity contribution < 1.29 is 0 Å². The van der Waals surface area contributed by atoms with E-state index in [-0.39, 0.29) is 17.3 Å². The van der Waals surface area contributed by atoms with Gasteiger partial charge in [0.1, 0.15) is 0 Å². The second kappa shape index (κ2) is 17.3. The van der Waals surface area contributed by atoms with Crippen molar-refractivity contribution in [2.75, 3.05) is 0 Å². The summed E-state index contributed by atoms with van der Waals surface area (Å²) in [5, 5.41) is 2.53. The highest BCUT2D eigenvalue weighted by molar-refractivity contribution is 6.17. The number of para-hydroxylation sites is 2. The second-order valence-electron chi connectivity index (χ2n) is 19.7. The van der Waals surface area contributed by atoms with Gasteiger partial charge in [0, 0.05) is 50.4 Å². The Kier molecular flexibility index (Phi) is 10.6. The van der Waals surface area contributed by atoms with Crippen molar-refractivity contribution in [3.05, 3.63) is 264 Å². The van der Waals surface area contributed by atoms with Crippen LogP contribution in [0.3, 0.4) is 0 Å². The molecule has 0 saturated heterocycles. The number of fused-ring (bicyclic) bond motifs is 4. The van der Waals surface area contributed by atoms with Crippen LogP contribution in [0.5, 0.6) is 0 Å². The minimum absolute atomic E-state index is 0.0474. The Hall–Kier alpha value is -7.55. The smallest absolute Gasteiger partial charge is 0.0744 e. The van der Waals surface area contributed by atoms with Gasteiger partial charge in [0.25, 0.3) is 0 Å². The summed E-state index contributed by atoms with van der Waals surface area (Å²) in [5.41, 5.74) is 20.4. The van der Waals surface area contributed by atoms with Gasteiger partial charge in [-0.1, -0.05) is 196 Å². The Bertz CT molecular complexity index is 3450. The van der Waals surface area contributed by atoms with Crippen molar-refractivity contribution >= 4 is 50.1 Å². The van der Waals surface area contributed by atoms with E-state index >= 15 is 0 Å². The third-order valence-corrected chi connectivity index (χ3v) is 15.4. The molecule has 68 heavy (non-hydrogen) atoms. The van der Waals surface area contributed by atoms with E-state index in [4.69, 9.17) is 11.6 Å². The molecule has 4 aliphatic carbocycles. The summed E-state index contributed by atoms with van der Waals surface area (Å²) in [5.74, 6) is 0.812. The van der Waals surface area contributed by atoms with E-state index in [9.17, 15) is 0 Å². The molecular weight excluding hydrogens is 821 g/mol. The summed E-state index contributed by atoms with van der Waals surface area (Å²) in [6, 6.07) is 53.8. The number of aromatic nitrogens is 1. The van der Waals surface area contributed by atoms with Crippen molar-refractivity contribution in [2.24, 2.45) is 16.8 Å². The first-order valence-corrected chi connectivity index (χ1v) is 24.6. The van der Waals surface area contributed by atoms with E-state index in [0.717, 1.165) is 54.1 Å². The lowest BCUT2D eigenvalue weighted by molar-refractivity contribution is 0.482. The summed E-state index contributed by atoms with van der Waals surface area (Å²) in [6.45, 7) is 9.57. The van der Waals surface area contributed by atoms with Crippen LogP contribution in [0.4, 0.5) is 0 Å². The van der Waals surface area contributed by atoms with Crippen molar-refractivity contribution in [3.63, 3.8) is 0 Å². The minimum Gasteiger partial charge on any atom is -0.308 e. The fraction of sp³-hybridized carbons (Fsp3) is 0.167. The zero-order valence-electron chi connectivity index (χ0n) is 39.1. The van der Waals surface area contributed by atoms with Gasteiger partial charge in [0.05, 0.1) is 22.4 Å². The maximum atomic E-state index is 5.49. The molecule has 5 aliphatic rings. The fourth-order valence-corrected chi connectivity index (χ4v) is 11.6. The number of hydrogen-bond acceptors (Lipinski definition) is 1. The van der Waals surface area contributed by atoms with E-state index in [2.05, 4.69) is 231 Å². The van der Waals surface area contributed by atoms with Crippen molar-refractivity contribution in [3.8, 4) is 11.1 Å². The molecule has 2 heterocycles. The average molecular weight is 877 g/mol. The topological polar surface area (TPSA) is 17.3 Å². The Morgan fingerprint density at radius 2 is 1.41 bits per heavy atom. The fourth-order valence-electron chi connectivity index (χ4n) is 11.6. The molecule has 0 N–H and O–H groups in total. The zero-order chi connectivity index (χ0) is 45.8. The molecule has 2 nitrogen and oxygen atoms in total. The Labute approximate surface area is 401 Å². The molecule has 4 atom stereocenters. The maximum absolute atomic E-state index is 5.49. The average Bonchev–Trinajstić information content (AvgIpc) is 3.74. The van der Waals surface area contributed by atoms with Crippen LogP contribution in [-0.4, -0.2) is 10.3 Å². The monoisotopic (exact) mass is 876 g/mol. The van der Waals surface area contributed by atoms with Crippen molar-refractivity contribution in [1.82, 2.24) is 4.57 Å². The van der Waals surface area contributed by atoms with Crippen LogP contribution >= 0.6 is 0 Å². The normalized spacial score (nSPS) is 22.3. The number of rotatable bonds is 8. The standard InChI is InChI=1S/C66H56N2/c1-44-30-32-47(33-31-44)52-40-51(46-18-7-4-8-19-46)41-53(42-52)61-43-59(45(2)64(67-61)50-22-11-6-12-23-50)49-34-36-54(37-35-49)66(3)39-38-63(58-25-13-15-28-60(58)66)68-62-29-16-14-24-56(62)57-27-17-26-55(65(57)68)48-20-9-5-10-21-48/h4-7,9-18,20-29,32,34-44,59-60H,2,8,19,30-31,33H2,1,3H3. The molecule has 0 amide bonds. The quantitative estimate of drug-likeness (QED) is 0.145. The van der Waals surface area contributed by atoms with Gasteiger partial charge in [-0.2, -0.15) is 0 Å². The van der Waals surface area contributed by atoms with E-state index < -0.39 is 0 Å². The predicted octanol–water partition coefficient (Wildman–Crippen LogP) is 17.1. The highest BCUT2D eigenvalue weighted by Crippen LogP contribution is 2.49. The minimum atomic E-state index is -0.285. The van der Waals surface area contributed by atoms with Crippen molar-refractivity contribution in [1.29, 1.82) is 0 Å². The third kappa shape index (κ3) is 7.31. The van der Waals surface area contributed by atoms with E-state index in [1.807, 2.05) is 0 Å². The SMILES string of the molecule is C=C1C(c2ccccc2)=NC(c2cc(C3=CC=CCC3)cc(C3=CCC(C)CC3)c2)=CC1c1ccc(C2(C)C=CC(n3c4ccccc4c4cccc(-c5ccccc5)c43)=C3C=CC=CC32)cc1. The molecule has 1 aliphatic heterocycles. The maximum Gasteiger partial charge on any atom is 0.0744 e. The molecule has 4 unspecified atom stereocenters. The highest BCUT2D eigenvalue weighted by Gasteiger charge is 2.39. The third-order valence-electron chi connectivity index (χ3n) is 15.4. The lowest BCUT2D eigenvalue weighted by Crippen LogP contribution is -2.33. The largest absolute Gasteiger partial charge is 0.308 e. The summed E-state index contributed by atoms with van der Waals surface area (Å²) >= 11 is 0. The first-order chi connectivity index (χ1) is 33.4. The van der Waals surface area contributed by atoms with Gasteiger partial charge in [-0.15, -0.1) is 0 Å². The predicted molar refractivity (Wildman–Crippen MR) is 289 cm³/mol. The van der Waals surface area contributed by atoms with Gasteiger partial charge in [-0.3, -0.25) is 0 Å². The Balaban J connectivity index is 0.941. The molecule has 0 fully saturated rings. The van der Waals surface area contributed by atoms with E-state index in [0.29, 0.717) is 0 Å². The molecule has 0 spiro atoms. The second-order valence-corrected chi connectivity index (χ2v) is 19.7. The molecule has 1 aromatic heterocycles. The van der Waals surface area contributed by atoms with Crippen LogP contribution in [0.2, 0.25) is 0 Å². The summed E-state index contributed by atoms with van der Waals surface area (Å²) in [6.07, 6.45) is 31.3. The van der Waals surface area contributed by atoms with Gasteiger partial charge in [0.2, 0.25) is 0 Å². The van der Waals surface area contributed by atoms with Gasteiger partial charge in [-0.05, 0) is 125 Å². The molecule has 2 heteroatoms. The lowest BCUT2D eigenvalue weighted by Gasteiger charge is -2.40.